The highest BCUT2D eigenvalue weighted by Gasteiger charge is 2.43. The summed E-state index contributed by atoms with van der Waals surface area (Å²) in [5.41, 5.74) is 1.94. The zero-order valence-corrected chi connectivity index (χ0v) is 15.9. The number of fused-ring (bicyclic) bond motifs is 3. The molecule has 3 heterocycles. The van der Waals surface area contributed by atoms with Gasteiger partial charge in [-0.05, 0) is 6.07 Å². The summed E-state index contributed by atoms with van der Waals surface area (Å²) in [6.07, 6.45) is 0.769. The predicted molar refractivity (Wildman–Crippen MR) is 96.6 cm³/mol. The molecule has 2 aliphatic rings. The first kappa shape index (κ1) is 16.9. The molecule has 1 saturated heterocycles. The fourth-order valence-electron chi connectivity index (χ4n) is 3.51. The van der Waals surface area contributed by atoms with Gasteiger partial charge in [0.05, 0.1) is 15.6 Å². The molecule has 2 aliphatic heterocycles. The molecule has 2 N–H and O–H groups in total. The van der Waals surface area contributed by atoms with Gasteiger partial charge in [-0.3, -0.25) is 19.3 Å². The molecule has 25 heavy (non-hydrogen) atoms. The SMILES string of the molecule is O=C1NCCc2[nH]c3c(Cl)c(Cl)cc(Br)c3c2C1N1C(=O)CCC1=O. The molecule has 1 unspecified atom stereocenters. The molecule has 4 rings (SSSR count). The lowest BCUT2D eigenvalue weighted by molar-refractivity contribution is -0.146. The van der Waals surface area contributed by atoms with Gasteiger partial charge in [-0.15, -0.1) is 0 Å². The molecule has 1 aromatic heterocycles. The van der Waals surface area contributed by atoms with Crippen molar-refractivity contribution in [1.82, 2.24) is 15.2 Å². The molecule has 0 saturated carbocycles. The molecule has 3 amide bonds. The van der Waals surface area contributed by atoms with Crippen LogP contribution < -0.4 is 5.32 Å². The van der Waals surface area contributed by atoms with Gasteiger partial charge in [-0.2, -0.15) is 0 Å². The summed E-state index contributed by atoms with van der Waals surface area (Å²) in [5.74, 6) is -1.06. The summed E-state index contributed by atoms with van der Waals surface area (Å²) in [6.45, 7) is 0.397. The minimum absolute atomic E-state index is 0.119. The zero-order valence-electron chi connectivity index (χ0n) is 12.8. The van der Waals surface area contributed by atoms with Gasteiger partial charge in [0, 0.05) is 46.9 Å². The number of benzene rings is 1. The number of likely N-dealkylation sites (tertiary alicyclic amines) is 1. The van der Waals surface area contributed by atoms with Gasteiger partial charge >= 0.3 is 0 Å². The fraction of sp³-hybridized carbons (Fsp3) is 0.312. The number of nitrogens with zero attached hydrogens (tertiary/aromatic N) is 1. The van der Waals surface area contributed by atoms with Crippen molar-refractivity contribution >= 4 is 67.8 Å². The Hall–Kier alpha value is -1.57. The number of aromatic amines is 1. The van der Waals surface area contributed by atoms with Crippen molar-refractivity contribution in [2.75, 3.05) is 6.54 Å². The minimum atomic E-state index is -1.01. The maximum absolute atomic E-state index is 12.7. The van der Waals surface area contributed by atoms with E-state index in [0.717, 1.165) is 10.6 Å². The number of carbonyl (C=O) groups excluding carboxylic acids is 3. The molecule has 0 radical (unpaired) electrons. The lowest BCUT2D eigenvalue weighted by atomic mass is 10.0. The van der Waals surface area contributed by atoms with Crippen LogP contribution in [0.25, 0.3) is 10.9 Å². The van der Waals surface area contributed by atoms with E-state index in [2.05, 4.69) is 26.2 Å². The van der Waals surface area contributed by atoms with Crippen LogP contribution in [-0.4, -0.2) is 34.2 Å². The highest BCUT2D eigenvalue weighted by molar-refractivity contribution is 9.10. The van der Waals surface area contributed by atoms with Crippen molar-refractivity contribution in [3.05, 3.63) is 31.8 Å². The average Bonchev–Trinajstić information content (AvgIpc) is 3.04. The Labute approximate surface area is 160 Å². The molecule has 2 aromatic rings. The zero-order chi connectivity index (χ0) is 17.9. The van der Waals surface area contributed by atoms with Crippen LogP contribution >= 0.6 is 39.1 Å². The largest absolute Gasteiger partial charge is 0.357 e. The summed E-state index contributed by atoms with van der Waals surface area (Å²) in [5, 5.41) is 4.15. The lowest BCUT2D eigenvalue weighted by Gasteiger charge is -2.24. The normalized spacial score (nSPS) is 20.8. The van der Waals surface area contributed by atoms with Crippen molar-refractivity contribution < 1.29 is 14.4 Å². The van der Waals surface area contributed by atoms with Crippen LogP contribution in [0.5, 0.6) is 0 Å². The monoisotopic (exact) mass is 443 g/mol. The number of aromatic nitrogens is 1. The molecule has 130 valence electrons. The van der Waals surface area contributed by atoms with Crippen LogP contribution in [0.4, 0.5) is 0 Å². The van der Waals surface area contributed by atoms with E-state index >= 15 is 0 Å². The third-order valence-corrected chi connectivity index (χ3v) is 6.00. The Balaban J connectivity index is 2.03. The first-order valence-corrected chi connectivity index (χ1v) is 9.25. The van der Waals surface area contributed by atoms with Crippen molar-refractivity contribution in [3.8, 4) is 0 Å². The average molecular weight is 445 g/mol. The number of imide groups is 1. The number of hydrogen-bond donors (Lipinski definition) is 2. The van der Waals surface area contributed by atoms with E-state index in [-0.39, 0.29) is 30.6 Å². The Morgan fingerprint density at radius 1 is 1.12 bits per heavy atom. The van der Waals surface area contributed by atoms with Gasteiger partial charge in [0.15, 0.2) is 0 Å². The topological polar surface area (TPSA) is 82.3 Å². The third-order valence-electron chi connectivity index (χ3n) is 4.59. The van der Waals surface area contributed by atoms with E-state index in [1.807, 2.05) is 0 Å². The Kier molecular flexibility index (Phi) is 4.05. The first-order valence-electron chi connectivity index (χ1n) is 7.70. The predicted octanol–water partition coefficient (Wildman–Crippen LogP) is 3.10. The number of amides is 3. The fourth-order valence-corrected chi connectivity index (χ4v) is 4.68. The standard InChI is InChI=1S/C16H12BrCl2N3O3/c17-6-5-7(18)13(19)14-11(6)12-8(21-14)3-4-20-16(25)15(12)22-9(23)1-2-10(22)24/h5,15,21H,1-4H2,(H,20,25). The van der Waals surface area contributed by atoms with Crippen molar-refractivity contribution in [3.63, 3.8) is 0 Å². The van der Waals surface area contributed by atoms with Crippen molar-refractivity contribution in [1.29, 1.82) is 0 Å². The highest BCUT2D eigenvalue weighted by atomic mass is 79.9. The van der Waals surface area contributed by atoms with E-state index in [1.54, 1.807) is 6.07 Å². The summed E-state index contributed by atoms with van der Waals surface area (Å²) in [4.78, 5) is 41.6. The van der Waals surface area contributed by atoms with Gasteiger partial charge in [-0.1, -0.05) is 39.1 Å². The molecular formula is C16H12BrCl2N3O3. The molecular weight excluding hydrogens is 433 g/mol. The van der Waals surface area contributed by atoms with Crippen LogP contribution in [-0.2, 0) is 20.8 Å². The van der Waals surface area contributed by atoms with Crippen molar-refractivity contribution in [2.24, 2.45) is 0 Å². The summed E-state index contributed by atoms with van der Waals surface area (Å²) in [6, 6.07) is 0.635. The summed E-state index contributed by atoms with van der Waals surface area (Å²) >= 11 is 15.9. The van der Waals surface area contributed by atoms with Crippen LogP contribution in [0.1, 0.15) is 30.1 Å². The maximum Gasteiger partial charge on any atom is 0.248 e. The Bertz CT molecular complexity index is 940. The molecule has 9 heteroatoms. The molecule has 6 nitrogen and oxygen atoms in total. The second-order valence-electron chi connectivity index (χ2n) is 6.02. The first-order chi connectivity index (χ1) is 11.9. The van der Waals surface area contributed by atoms with E-state index in [1.165, 1.54) is 0 Å². The lowest BCUT2D eigenvalue weighted by Crippen LogP contribution is -2.42. The number of hydrogen-bond acceptors (Lipinski definition) is 3. The number of nitrogens with one attached hydrogen (secondary N) is 2. The quantitative estimate of drug-likeness (QED) is 0.523. The van der Waals surface area contributed by atoms with Gasteiger partial charge in [0.25, 0.3) is 0 Å². The third kappa shape index (κ3) is 2.48. The second-order valence-corrected chi connectivity index (χ2v) is 7.66. The number of rotatable bonds is 1. The van der Waals surface area contributed by atoms with Crippen molar-refractivity contribution in [2.45, 2.75) is 25.3 Å². The molecule has 0 aliphatic carbocycles. The van der Waals surface area contributed by atoms with Crippen LogP contribution in [0.2, 0.25) is 10.0 Å². The van der Waals surface area contributed by atoms with E-state index in [0.29, 0.717) is 43.9 Å². The van der Waals surface area contributed by atoms with E-state index < -0.39 is 6.04 Å². The number of halogens is 3. The molecule has 1 aromatic carbocycles. The second kappa shape index (κ2) is 6.00. The number of carbonyl (C=O) groups is 3. The Morgan fingerprint density at radius 3 is 2.48 bits per heavy atom. The van der Waals surface area contributed by atoms with Gasteiger partial charge in [0.2, 0.25) is 17.7 Å². The van der Waals surface area contributed by atoms with Crippen LogP contribution in [0.3, 0.4) is 0 Å². The molecule has 0 spiro atoms. The minimum Gasteiger partial charge on any atom is -0.357 e. The molecule has 1 fully saturated rings. The number of H-pyrrole nitrogens is 1. The van der Waals surface area contributed by atoms with Gasteiger partial charge in [0.1, 0.15) is 6.04 Å². The van der Waals surface area contributed by atoms with Crippen LogP contribution in [0, 0.1) is 0 Å². The van der Waals surface area contributed by atoms with E-state index in [4.69, 9.17) is 23.2 Å². The smallest absolute Gasteiger partial charge is 0.248 e. The van der Waals surface area contributed by atoms with Gasteiger partial charge in [-0.25, -0.2) is 0 Å². The summed E-state index contributed by atoms with van der Waals surface area (Å²) < 4.78 is 0.646. The summed E-state index contributed by atoms with van der Waals surface area (Å²) in [7, 11) is 0. The Morgan fingerprint density at radius 2 is 1.80 bits per heavy atom. The van der Waals surface area contributed by atoms with E-state index in [9.17, 15) is 14.4 Å². The molecule has 0 bridgehead atoms. The van der Waals surface area contributed by atoms with Gasteiger partial charge < -0.3 is 10.3 Å². The molecule has 1 atom stereocenters. The maximum atomic E-state index is 12.7. The van der Waals surface area contributed by atoms with Crippen LogP contribution in [0.15, 0.2) is 10.5 Å². The highest BCUT2D eigenvalue weighted by Crippen LogP contribution is 2.43.